The number of hydrazone groups is 1. The van der Waals surface area contributed by atoms with Gasteiger partial charge in [0, 0.05) is 24.1 Å². The van der Waals surface area contributed by atoms with Gasteiger partial charge >= 0.3 is 0 Å². The first kappa shape index (κ1) is 23.7. The average Bonchev–Trinajstić information content (AvgIpc) is 3.49. The number of carbonyl (C=O) groups excluding carboxylic acids is 2. The number of hydrogen-bond acceptors (Lipinski definition) is 6. The van der Waals surface area contributed by atoms with Gasteiger partial charge in [-0.15, -0.1) is 0 Å². The molecular formula is C27H23FN4O3S. The highest BCUT2D eigenvalue weighted by molar-refractivity contribution is 8.15. The van der Waals surface area contributed by atoms with Gasteiger partial charge in [0.05, 0.1) is 18.9 Å². The smallest absolute Gasteiger partial charge is 0.262 e. The van der Waals surface area contributed by atoms with Gasteiger partial charge in [-0.05, 0) is 48.0 Å². The largest absolute Gasteiger partial charge is 0.497 e. The van der Waals surface area contributed by atoms with Gasteiger partial charge in [-0.3, -0.25) is 9.59 Å². The third-order valence-electron chi connectivity index (χ3n) is 5.95. The number of nitrogens with one attached hydrogen (secondary N) is 1. The van der Waals surface area contributed by atoms with Gasteiger partial charge in [-0.2, -0.15) is 10.1 Å². The lowest BCUT2D eigenvalue weighted by Crippen LogP contribution is -2.25. The zero-order chi connectivity index (χ0) is 25.1. The van der Waals surface area contributed by atoms with Crippen LogP contribution in [0.25, 0.3) is 0 Å². The summed E-state index contributed by atoms with van der Waals surface area (Å²) in [4.78, 5) is 29.5. The fraction of sp³-hybridized carbons (Fsp3) is 0.185. The Hall–Kier alpha value is -3.98. The lowest BCUT2D eigenvalue weighted by molar-refractivity contribution is -0.121. The van der Waals surface area contributed by atoms with Crippen LogP contribution in [0.4, 0.5) is 10.1 Å². The van der Waals surface area contributed by atoms with Crippen LogP contribution in [-0.2, 0) is 9.59 Å². The highest BCUT2D eigenvalue weighted by Crippen LogP contribution is 2.39. The fourth-order valence-corrected chi connectivity index (χ4v) is 5.20. The van der Waals surface area contributed by atoms with Crippen molar-refractivity contribution in [3.8, 4) is 5.75 Å². The van der Waals surface area contributed by atoms with Gasteiger partial charge in [-0.1, -0.05) is 48.2 Å². The van der Waals surface area contributed by atoms with Gasteiger partial charge in [0.15, 0.2) is 5.17 Å². The molecule has 0 aliphatic carbocycles. The molecule has 36 heavy (non-hydrogen) atoms. The molecule has 0 unspecified atom stereocenters. The molecule has 3 aromatic carbocycles. The third kappa shape index (κ3) is 5.01. The molecule has 1 N–H and O–H groups in total. The lowest BCUT2D eigenvalue weighted by Gasteiger charge is -2.23. The minimum absolute atomic E-state index is 0.0291. The van der Waals surface area contributed by atoms with Crippen molar-refractivity contribution in [2.24, 2.45) is 10.1 Å². The molecule has 3 aromatic rings. The van der Waals surface area contributed by atoms with Gasteiger partial charge in [0.2, 0.25) is 5.91 Å². The second-order valence-corrected chi connectivity index (χ2v) is 9.49. The summed E-state index contributed by atoms with van der Waals surface area (Å²) in [6, 6.07) is 22.6. The second-order valence-electron chi connectivity index (χ2n) is 8.32. The van der Waals surface area contributed by atoms with E-state index >= 15 is 0 Å². The molecule has 0 radical (unpaired) electrons. The Bertz CT molecular complexity index is 1340. The minimum Gasteiger partial charge on any atom is -0.497 e. The standard InChI is InChI=1S/C27H23FN4O3S/c1-35-19-13-11-17(12-14-19)22-15-23(20-9-5-6-10-21(20)28)32(31-22)27-30-26(34)24(36-27)16-25(33)29-18-7-3-2-4-8-18/h2-14,23-24H,15-16H2,1H3,(H,29,33)/t23-,24+/m1/s1. The predicted molar refractivity (Wildman–Crippen MR) is 139 cm³/mol. The van der Waals surface area contributed by atoms with Crippen molar-refractivity contribution < 1.29 is 18.7 Å². The van der Waals surface area contributed by atoms with Crippen molar-refractivity contribution in [1.29, 1.82) is 0 Å². The quantitative estimate of drug-likeness (QED) is 0.512. The molecule has 0 bridgehead atoms. The van der Waals surface area contributed by atoms with Crippen LogP contribution in [-0.4, -0.2) is 40.1 Å². The first-order valence-corrected chi connectivity index (χ1v) is 12.3. The van der Waals surface area contributed by atoms with E-state index in [1.807, 2.05) is 42.5 Å². The molecule has 2 heterocycles. The first-order valence-electron chi connectivity index (χ1n) is 11.4. The number of benzene rings is 3. The van der Waals surface area contributed by atoms with Crippen LogP contribution in [0.5, 0.6) is 5.75 Å². The number of nitrogens with zero attached hydrogens (tertiary/aromatic N) is 3. The maximum atomic E-state index is 14.8. The van der Waals surface area contributed by atoms with E-state index in [1.54, 1.807) is 42.5 Å². The number of ether oxygens (including phenoxy) is 1. The van der Waals surface area contributed by atoms with E-state index in [4.69, 9.17) is 9.84 Å². The number of rotatable bonds is 6. The van der Waals surface area contributed by atoms with E-state index in [9.17, 15) is 14.0 Å². The van der Waals surface area contributed by atoms with Crippen molar-refractivity contribution in [1.82, 2.24) is 5.01 Å². The molecule has 2 atom stereocenters. The topological polar surface area (TPSA) is 83.4 Å². The molecule has 182 valence electrons. The molecular weight excluding hydrogens is 479 g/mol. The van der Waals surface area contributed by atoms with Gasteiger partial charge < -0.3 is 10.1 Å². The van der Waals surface area contributed by atoms with Crippen LogP contribution in [0.15, 0.2) is 89.0 Å². The van der Waals surface area contributed by atoms with E-state index in [1.165, 1.54) is 17.8 Å². The Morgan fingerprint density at radius 3 is 2.53 bits per heavy atom. The van der Waals surface area contributed by atoms with Crippen LogP contribution < -0.4 is 10.1 Å². The van der Waals surface area contributed by atoms with Crippen molar-refractivity contribution in [3.63, 3.8) is 0 Å². The highest BCUT2D eigenvalue weighted by Gasteiger charge is 2.39. The van der Waals surface area contributed by atoms with E-state index in [0.717, 1.165) is 17.0 Å². The number of hydrogen-bond donors (Lipinski definition) is 1. The molecule has 0 aromatic heterocycles. The molecule has 0 saturated carbocycles. The Kier molecular flexibility index (Phi) is 6.81. The summed E-state index contributed by atoms with van der Waals surface area (Å²) in [6.45, 7) is 0. The Morgan fingerprint density at radius 1 is 1.08 bits per heavy atom. The number of aliphatic imine (C=N–C) groups is 1. The molecule has 0 saturated heterocycles. The maximum Gasteiger partial charge on any atom is 0.262 e. The Morgan fingerprint density at radius 2 is 1.81 bits per heavy atom. The number of methoxy groups -OCH3 is 1. The second kappa shape index (κ2) is 10.3. The van der Waals surface area contributed by atoms with Crippen LogP contribution in [0.2, 0.25) is 0 Å². The van der Waals surface area contributed by atoms with Crippen molar-refractivity contribution >= 4 is 40.1 Å². The summed E-state index contributed by atoms with van der Waals surface area (Å²) >= 11 is 1.18. The molecule has 7 nitrogen and oxygen atoms in total. The molecule has 9 heteroatoms. The van der Waals surface area contributed by atoms with Crippen molar-refractivity contribution in [3.05, 3.63) is 95.8 Å². The van der Waals surface area contributed by atoms with Crippen LogP contribution >= 0.6 is 11.8 Å². The SMILES string of the molecule is COc1ccc(C2=NN(C3=NC(=O)[C@H](CC(=O)Nc4ccccc4)S3)[C@@H](c3ccccc3F)C2)cc1. The predicted octanol–water partition coefficient (Wildman–Crippen LogP) is 5.01. The fourth-order valence-electron chi connectivity index (χ4n) is 4.14. The average molecular weight is 503 g/mol. The monoisotopic (exact) mass is 502 g/mol. The van der Waals surface area contributed by atoms with Crippen LogP contribution in [0, 0.1) is 5.82 Å². The summed E-state index contributed by atoms with van der Waals surface area (Å²) in [5.41, 5.74) is 2.73. The van der Waals surface area contributed by atoms with E-state index in [2.05, 4.69) is 10.3 Å². The van der Waals surface area contributed by atoms with Crippen molar-refractivity contribution in [2.45, 2.75) is 24.1 Å². The zero-order valence-corrected chi connectivity index (χ0v) is 20.2. The molecule has 2 aliphatic heterocycles. The van der Waals surface area contributed by atoms with Gasteiger partial charge in [0.1, 0.15) is 16.8 Å². The molecule has 0 fully saturated rings. The van der Waals surface area contributed by atoms with Crippen LogP contribution in [0.1, 0.15) is 30.0 Å². The van der Waals surface area contributed by atoms with Gasteiger partial charge in [-0.25, -0.2) is 9.40 Å². The number of para-hydroxylation sites is 1. The summed E-state index contributed by atoms with van der Waals surface area (Å²) < 4.78 is 20.0. The number of carbonyl (C=O) groups is 2. The third-order valence-corrected chi connectivity index (χ3v) is 7.09. The summed E-state index contributed by atoms with van der Waals surface area (Å²) in [5.74, 6) is -0.318. The van der Waals surface area contributed by atoms with E-state index in [0.29, 0.717) is 22.8 Å². The molecule has 2 aliphatic rings. The number of halogens is 1. The van der Waals surface area contributed by atoms with Crippen LogP contribution in [0.3, 0.4) is 0 Å². The Labute approximate surface area is 212 Å². The molecule has 0 spiro atoms. The van der Waals surface area contributed by atoms with E-state index in [-0.39, 0.29) is 18.1 Å². The summed E-state index contributed by atoms with van der Waals surface area (Å²) in [6.07, 6.45) is 0.402. The van der Waals surface area contributed by atoms with E-state index < -0.39 is 17.2 Å². The normalized spacial score (nSPS) is 19.2. The summed E-state index contributed by atoms with van der Waals surface area (Å²) in [5, 5.41) is 8.83. The number of thioether (sulfide) groups is 1. The zero-order valence-electron chi connectivity index (χ0n) is 19.4. The highest BCUT2D eigenvalue weighted by atomic mass is 32.2. The Balaban J connectivity index is 1.37. The number of anilines is 1. The molecule has 2 amide bonds. The minimum atomic E-state index is -0.676. The lowest BCUT2D eigenvalue weighted by atomic mass is 9.98. The van der Waals surface area contributed by atoms with Crippen molar-refractivity contribution in [2.75, 3.05) is 12.4 Å². The number of amides is 2. The molecule has 5 rings (SSSR count). The summed E-state index contributed by atoms with van der Waals surface area (Å²) in [7, 11) is 1.60. The van der Waals surface area contributed by atoms with Gasteiger partial charge in [0.25, 0.3) is 5.91 Å². The first-order chi connectivity index (χ1) is 17.5. The maximum absolute atomic E-state index is 14.8. The number of amidine groups is 1.